The molecule has 0 unspecified atom stereocenters. The quantitative estimate of drug-likeness (QED) is 0.263. The van der Waals surface area contributed by atoms with Gasteiger partial charge < -0.3 is 40.1 Å². The Labute approximate surface area is 244 Å². The van der Waals surface area contributed by atoms with Crippen LogP contribution < -0.4 is 4.74 Å². The van der Waals surface area contributed by atoms with Gasteiger partial charge in [-0.05, 0) is 80.4 Å². The molecule has 0 amide bonds. The third kappa shape index (κ3) is 4.97. The van der Waals surface area contributed by atoms with Gasteiger partial charge in [0.05, 0.1) is 22.1 Å². The lowest BCUT2D eigenvalue weighted by atomic mass is 9.53. The highest BCUT2D eigenvalue weighted by Crippen LogP contribution is 2.56. The molecule has 6 N–H and O–H groups in total. The number of aliphatic hydroxyl groups is 4. The first-order valence-corrected chi connectivity index (χ1v) is 14.9. The van der Waals surface area contributed by atoms with E-state index in [1.54, 1.807) is 13.0 Å². The largest absolute Gasteiger partial charge is 0.506 e. The Morgan fingerprint density at radius 3 is 2.48 bits per heavy atom. The van der Waals surface area contributed by atoms with Crippen LogP contribution in [0.1, 0.15) is 92.0 Å². The Morgan fingerprint density at radius 1 is 1.12 bits per heavy atom. The van der Waals surface area contributed by atoms with Gasteiger partial charge in [-0.2, -0.15) is 0 Å². The minimum absolute atomic E-state index is 0.0357. The van der Waals surface area contributed by atoms with Crippen LogP contribution in [0.15, 0.2) is 18.2 Å². The maximum atomic E-state index is 12.3. The van der Waals surface area contributed by atoms with E-state index < -0.39 is 53.3 Å². The number of benzene rings is 2. The zero-order chi connectivity index (χ0) is 30.7. The zero-order valence-electron chi connectivity index (χ0n) is 24.5. The van der Waals surface area contributed by atoms with E-state index in [4.69, 9.17) is 9.47 Å². The van der Waals surface area contributed by atoms with Crippen LogP contribution in [0.4, 0.5) is 0 Å². The number of aliphatic hydroxyl groups excluding tert-OH is 2. The molecular weight excluding hydrogens is 544 g/mol. The Kier molecular flexibility index (Phi) is 8.08. The number of carboxylic acid groups (broad SMARTS) is 1. The number of ether oxygens (including phenoxy) is 2. The van der Waals surface area contributed by atoms with Crippen molar-refractivity contribution in [3.63, 3.8) is 0 Å². The van der Waals surface area contributed by atoms with E-state index in [1.165, 1.54) is 13.0 Å². The summed E-state index contributed by atoms with van der Waals surface area (Å²) < 4.78 is 12.2. The molecule has 5 rings (SSSR count). The number of phenolic OH excluding ortho intramolecular Hbond substituents is 1. The number of aryl methyl sites for hydroxylation is 1. The van der Waals surface area contributed by atoms with Crippen LogP contribution in [0.5, 0.6) is 11.5 Å². The molecule has 1 saturated heterocycles. The average molecular weight is 587 g/mol. The van der Waals surface area contributed by atoms with Gasteiger partial charge >= 0.3 is 5.97 Å². The predicted molar refractivity (Wildman–Crippen MR) is 153 cm³/mol. The molecule has 10 heteroatoms. The van der Waals surface area contributed by atoms with Crippen LogP contribution in [0.25, 0.3) is 10.8 Å². The van der Waals surface area contributed by atoms with Crippen LogP contribution in [0.3, 0.4) is 0 Å². The Balaban J connectivity index is 1.57. The van der Waals surface area contributed by atoms with E-state index in [0.717, 1.165) is 31.7 Å². The van der Waals surface area contributed by atoms with E-state index in [1.807, 2.05) is 0 Å². The number of carbonyl (C=O) groups excluding carboxylic acids is 1. The Morgan fingerprint density at radius 2 is 1.83 bits per heavy atom. The Hall–Kier alpha value is -2.76. The molecule has 42 heavy (non-hydrogen) atoms. The number of rotatable bonds is 7. The van der Waals surface area contributed by atoms with Gasteiger partial charge in [0.25, 0.3) is 0 Å². The highest BCUT2D eigenvalue weighted by Gasteiger charge is 2.68. The van der Waals surface area contributed by atoms with Crippen molar-refractivity contribution in [1.29, 1.82) is 0 Å². The van der Waals surface area contributed by atoms with Crippen molar-refractivity contribution in [3.05, 3.63) is 34.9 Å². The summed E-state index contributed by atoms with van der Waals surface area (Å²) in [5.41, 5.74) is -3.13. The Bertz CT molecular complexity index is 1380. The number of aromatic hydroxyl groups is 1. The van der Waals surface area contributed by atoms with E-state index >= 15 is 0 Å². The lowest BCUT2D eigenvalue weighted by Crippen LogP contribution is -2.77. The standard InChI is InChI=1S/C32H42O10/c1-15(2)8-9-18-14-32(40)27(36)26(35)29(42-30(32)31(39)10-6-5-7-21(18)31)41-22-13-20(28(37)38)12-19-11-16(3)23(17(4)33)25(34)24(19)22/h11-13,15,18,21,26-27,29-30,34-36,39-40H,5-10,14H2,1-4H3,(H,37,38)/t18-,21+,26+,27+,29+,30+,31-,32-/m0/s1. The molecule has 3 fully saturated rings. The minimum Gasteiger partial charge on any atom is -0.506 e. The second-order valence-corrected chi connectivity index (χ2v) is 13.1. The second kappa shape index (κ2) is 11.1. The first-order chi connectivity index (χ1) is 19.7. The molecule has 0 aromatic heterocycles. The monoisotopic (exact) mass is 586 g/mol. The fraction of sp³-hybridized carbons (Fsp3) is 0.625. The molecule has 0 bridgehead atoms. The number of ketones is 1. The van der Waals surface area contributed by atoms with Gasteiger partial charge in [-0.15, -0.1) is 0 Å². The summed E-state index contributed by atoms with van der Waals surface area (Å²) in [6.45, 7) is 7.14. The summed E-state index contributed by atoms with van der Waals surface area (Å²) in [7, 11) is 0. The fourth-order valence-corrected chi connectivity index (χ4v) is 7.81. The minimum atomic E-state index is -1.95. The third-order valence-corrected chi connectivity index (χ3v) is 9.77. The van der Waals surface area contributed by atoms with Crippen molar-refractivity contribution in [2.45, 2.75) is 108 Å². The zero-order valence-corrected chi connectivity index (χ0v) is 24.5. The normalized spacial score (nSPS) is 34.6. The molecule has 2 aromatic rings. The van der Waals surface area contributed by atoms with Gasteiger partial charge in [0.15, 0.2) is 5.78 Å². The lowest BCUT2D eigenvalue weighted by molar-refractivity contribution is -0.368. The summed E-state index contributed by atoms with van der Waals surface area (Å²) in [6, 6.07) is 4.04. The SMILES string of the molecule is CC(=O)c1c(C)cc2cc(C(=O)O)cc(O[C@@H]3O[C@H]4[C@](O)(C[C@H](CCC(C)C)[C@H]5CCCC[C@@]45O)[C@H](O)[C@H]3O)c2c1O. The number of aromatic carboxylic acids is 1. The molecular formula is C32H42O10. The second-order valence-electron chi connectivity index (χ2n) is 13.1. The molecule has 2 aromatic carbocycles. The molecule has 1 heterocycles. The van der Waals surface area contributed by atoms with Crippen LogP contribution in [-0.2, 0) is 4.74 Å². The molecule has 0 spiro atoms. The predicted octanol–water partition coefficient (Wildman–Crippen LogP) is 3.69. The topological polar surface area (TPSA) is 174 Å². The van der Waals surface area contributed by atoms with Gasteiger partial charge in [0.2, 0.25) is 6.29 Å². The highest BCUT2D eigenvalue weighted by atomic mass is 16.7. The van der Waals surface area contributed by atoms with Crippen LogP contribution >= 0.6 is 0 Å². The van der Waals surface area contributed by atoms with Crippen molar-refractivity contribution in [2.24, 2.45) is 17.8 Å². The molecule has 3 aliphatic rings. The van der Waals surface area contributed by atoms with Crippen molar-refractivity contribution in [3.8, 4) is 11.5 Å². The summed E-state index contributed by atoms with van der Waals surface area (Å²) >= 11 is 0. The maximum Gasteiger partial charge on any atom is 0.335 e. The molecule has 8 atom stereocenters. The van der Waals surface area contributed by atoms with E-state index in [2.05, 4.69) is 13.8 Å². The average Bonchev–Trinajstić information content (AvgIpc) is 2.90. The number of carbonyl (C=O) groups is 2. The number of phenols is 1. The number of fused-ring (bicyclic) bond motifs is 4. The number of Topliss-reactive ketones (excluding diaryl/α,β-unsaturated/α-hetero) is 1. The first kappa shape index (κ1) is 30.7. The van der Waals surface area contributed by atoms with Crippen molar-refractivity contribution >= 4 is 22.5 Å². The van der Waals surface area contributed by atoms with Crippen molar-refractivity contribution in [2.75, 3.05) is 0 Å². The van der Waals surface area contributed by atoms with Crippen molar-refractivity contribution < 1.29 is 49.7 Å². The van der Waals surface area contributed by atoms with E-state index in [0.29, 0.717) is 24.3 Å². The van der Waals surface area contributed by atoms with Crippen LogP contribution in [0, 0.1) is 24.7 Å². The smallest absolute Gasteiger partial charge is 0.335 e. The molecule has 1 aliphatic heterocycles. The van der Waals surface area contributed by atoms with Crippen molar-refractivity contribution in [1.82, 2.24) is 0 Å². The maximum absolute atomic E-state index is 12.3. The first-order valence-electron chi connectivity index (χ1n) is 14.9. The van der Waals surface area contributed by atoms with Crippen LogP contribution in [-0.4, -0.2) is 78.2 Å². The number of hydrogen-bond donors (Lipinski definition) is 6. The lowest BCUT2D eigenvalue weighted by Gasteiger charge is -2.62. The van der Waals surface area contributed by atoms with Gasteiger partial charge in [-0.25, -0.2) is 4.79 Å². The molecule has 0 radical (unpaired) electrons. The number of carboxylic acids is 1. The summed E-state index contributed by atoms with van der Waals surface area (Å²) in [5, 5.41) is 67.8. The molecule has 2 aliphatic carbocycles. The van der Waals surface area contributed by atoms with Gasteiger partial charge in [-0.1, -0.05) is 39.2 Å². The summed E-state index contributed by atoms with van der Waals surface area (Å²) in [4.78, 5) is 24.3. The highest BCUT2D eigenvalue weighted by molar-refractivity contribution is 6.08. The summed E-state index contributed by atoms with van der Waals surface area (Å²) in [6.07, 6.45) is -1.93. The fourth-order valence-electron chi connectivity index (χ4n) is 7.81. The van der Waals surface area contributed by atoms with Gasteiger partial charge in [0, 0.05) is 0 Å². The van der Waals surface area contributed by atoms with Gasteiger partial charge in [-0.3, -0.25) is 4.79 Å². The van der Waals surface area contributed by atoms with E-state index in [-0.39, 0.29) is 45.9 Å². The van der Waals surface area contributed by atoms with Gasteiger partial charge in [0.1, 0.15) is 35.4 Å². The summed E-state index contributed by atoms with van der Waals surface area (Å²) in [5.74, 6) is -2.12. The molecule has 10 nitrogen and oxygen atoms in total. The molecule has 230 valence electrons. The van der Waals surface area contributed by atoms with E-state index in [9.17, 15) is 40.2 Å². The van der Waals surface area contributed by atoms with Crippen LogP contribution in [0.2, 0.25) is 0 Å². The number of hydrogen-bond acceptors (Lipinski definition) is 9. The third-order valence-electron chi connectivity index (χ3n) is 9.77. The molecule has 2 saturated carbocycles.